The molecule has 0 N–H and O–H groups in total. The molecule has 1 aliphatic rings. The lowest BCUT2D eigenvalue weighted by atomic mass is 10.1. The van der Waals surface area contributed by atoms with Crippen LogP contribution >= 0.6 is 15.9 Å². The summed E-state index contributed by atoms with van der Waals surface area (Å²) in [5, 5.41) is 11.2. The maximum Gasteiger partial charge on any atom is 0.363 e. The van der Waals surface area contributed by atoms with Gasteiger partial charge in [-0.15, -0.1) is 0 Å². The molecule has 0 unspecified atom stereocenters. The molecule has 35 heavy (non-hydrogen) atoms. The minimum absolute atomic E-state index is 0.0189. The summed E-state index contributed by atoms with van der Waals surface area (Å²) in [6, 6.07) is 13.8. The molecule has 0 fully saturated rings. The van der Waals surface area contributed by atoms with Gasteiger partial charge in [-0.25, -0.2) is 14.2 Å². The first kappa shape index (κ1) is 24.1. The zero-order valence-corrected chi connectivity index (χ0v) is 20.2. The van der Waals surface area contributed by atoms with Crippen molar-refractivity contribution in [2.24, 2.45) is 4.99 Å². The Balaban J connectivity index is 1.60. The lowest BCUT2D eigenvalue weighted by Crippen LogP contribution is -2.06. The summed E-state index contributed by atoms with van der Waals surface area (Å²) < 4.78 is 30.2. The molecule has 8 nitrogen and oxygen atoms in total. The Labute approximate surface area is 207 Å². The Morgan fingerprint density at radius 1 is 1.17 bits per heavy atom. The third-order valence-corrected chi connectivity index (χ3v) is 5.71. The second kappa shape index (κ2) is 10.1. The Morgan fingerprint density at radius 3 is 2.60 bits per heavy atom. The number of carbonyl (C=O) groups excluding carboxylic acids is 1. The summed E-state index contributed by atoms with van der Waals surface area (Å²) in [4.78, 5) is 27.3. The molecule has 1 heterocycles. The Morgan fingerprint density at radius 2 is 1.91 bits per heavy atom. The lowest BCUT2D eigenvalue weighted by Gasteiger charge is -2.13. The first-order chi connectivity index (χ1) is 16.7. The fourth-order valence-electron chi connectivity index (χ4n) is 3.33. The Bertz CT molecular complexity index is 1390. The van der Waals surface area contributed by atoms with Crippen LogP contribution in [-0.2, 0) is 16.1 Å². The largest absolute Gasteiger partial charge is 0.493 e. The Hall–Kier alpha value is -4.05. The van der Waals surface area contributed by atoms with Crippen molar-refractivity contribution in [2.45, 2.75) is 13.5 Å². The van der Waals surface area contributed by atoms with E-state index in [4.69, 9.17) is 14.2 Å². The van der Waals surface area contributed by atoms with Crippen molar-refractivity contribution in [1.82, 2.24) is 0 Å². The standard InChI is InChI=1S/C25H18BrFN2O6/c1-14-3-6-17(12-21(14)29(31)32)24-28-20(25(30)35-24)10-16-9-19(26)23(22(11-16)33-2)34-13-15-4-7-18(27)8-5-15/h3-12H,13H2,1-2H3/b20-10-. The lowest BCUT2D eigenvalue weighted by molar-refractivity contribution is -0.385. The molecule has 0 saturated heterocycles. The van der Waals surface area contributed by atoms with Crippen molar-refractivity contribution >= 4 is 39.6 Å². The number of ether oxygens (including phenoxy) is 3. The SMILES string of the molecule is COc1cc(/C=C2\N=C(c3ccc(C)c([N+](=O)[O-])c3)OC2=O)cc(Br)c1OCc1ccc(F)cc1. The predicted octanol–water partition coefficient (Wildman–Crippen LogP) is 5.74. The van der Waals surface area contributed by atoms with Crippen LogP contribution in [-0.4, -0.2) is 23.9 Å². The molecule has 1 aliphatic heterocycles. The number of carbonyl (C=O) groups is 1. The van der Waals surface area contributed by atoms with Crippen molar-refractivity contribution in [1.29, 1.82) is 0 Å². The fraction of sp³-hybridized carbons (Fsp3) is 0.120. The van der Waals surface area contributed by atoms with Gasteiger partial charge in [-0.1, -0.05) is 18.2 Å². The summed E-state index contributed by atoms with van der Waals surface area (Å²) in [6.07, 6.45) is 1.51. The number of nitrogens with zero attached hydrogens (tertiary/aromatic N) is 2. The van der Waals surface area contributed by atoms with Gasteiger partial charge in [0.1, 0.15) is 12.4 Å². The number of esters is 1. The van der Waals surface area contributed by atoms with E-state index in [1.807, 2.05) is 0 Å². The van der Waals surface area contributed by atoms with Crippen LogP contribution in [0, 0.1) is 22.9 Å². The molecule has 10 heteroatoms. The number of hydrogen-bond donors (Lipinski definition) is 0. The third kappa shape index (κ3) is 5.38. The number of cyclic esters (lactones) is 1. The summed E-state index contributed by atoms with van der Waals surface area (Å²) in [5.41, 5.74) is 2.09. The van der Waals surface area contributed by atoms with Gasteiger partial charge in [-0.2, -0.15) is 0 Å². The van der Waals surface area contributed by atoms with Crippen molar-refractivity contribution in [2.75, 3.05) is 7.11 Å². The third-order valence-electron chi connectivity index (χ3n) is 5.12. The van der Waals surface area contributed by atoms with Crippen molar-refractivity contribution in [3.8, 4) is 11.5 Å². The van der Waals surface area contributed by atoms with Gasteiger partial charge < -0.3 is 14.2 Å². The van der Waals surface area contributed by atoms with E-state index < -0.39 is 10.9 Å². The normalized spacial score (nSPS) is 14.0. The molecule has 4 rings (SSSR count). The number of hydrogen-bond acceptors (Lipinski definition) is 7. The van der Waals surface area contributed by atoms with Crippen LogP contribution in [0.15, 0.2) is 69.8 Å². The van der Waals surface area contributed by atoms with Crippen LogP contribution in [0.1, 0.15) is 22.3 Å². The van der Waals surface area contributed by atoms with E-state index in [0.29, 0.717) is 32.7 Å². The zero-order valence-electron chi connectivity index (χ0n) is 18.6. The molecule has 0 radical (unpaired) electrons. The van der Waals surface area contributed by atoms with Crippen LogP contribution in [0.2, 0.25) is 0 Å². The highest BCUT2D eigenvalue weighted by molar-refractivity contribution is 9.10. The van der Waals surface area contributed by atoms with Gasteiger partial charge in [0.15, 0.2) is 17.2 Å². The number of aliphatic imine (C=N–C) groups is 1. The van der Waals surface area contributed by atoms with E-state index in [-0.39, 0.29) is 29.7 Å². The van der Waals surface area contributed by atoms with Gasteiger partial charge in [0, 0.05) is 17.2 Å². The molecular weight excluding hydrogens is 523 g/mol. The molecular formula is C25H18BrFN2O6. The highest BCUT2D eigenvalue weighted by Gasteiger charge is 2.26. The highest BCUT2D eigenvalue weighted by Crippen LogP contribution is 2.38. The topological polar surface area (TPSA) is 100 Å². The quantitative estimate of drug-likeness (QED) is 0.164. The van der Waals surface area contributed by atoms with Crippen LogP contribution in [0.5, 0.6) is 11.5 Å². The van der Waals surface area contributed by atoms with Crippen LogP contribution in [0.25, 0.3) is 6.08 Å². The van der Waals surface area contributed by atoms with Crippen LogP contribution < -0.4 is 9.47 Å². The molecule has 3 aromatic rings. The van der Waals surface area contributed by atoms with Gasteiger partial charge in [0.2, 0.25) is 5.90 Å². The number of rotatable bonds is 7. The number of halogens is 2. The van der Waals surface area contributed by atoms with E-state index in [1.54, 1.807) is 43.3 Å². The average molecular weight is 541 g/mol. The summed E-state index contributed by atoms with van der Waals surface area (Å²) in [5.74, 6) is -0.200. The van der Waals surface area contributed by atoms with Gasteiger partial charge in [-0.05, 0) is 70.4 Å². The van der Waals surface area contributed by atoms with Crippen LogP contribution in [0.4, 0.5) is 10.1 Å². The fourth-order valence-corrected chi connectivity index (χ4v) is 3.90. The highest BCUT2D eigenvalue weighted by atomic mass is 79.9. The Kier molecular flexibility index (Phi) is 6.92. The average Bonchev–Trinajstić information content (AvgIpc) is 3.19. The van der Waals surface area contributed by atoms with Gasteiger partial charge >= 0.3 is 5.97 Å². The number of benzene rings is 3. The molecule has 178 valence electrons. The van der Waals surface area contributed by atoms with Crippen LogP contribution in [0.3, 0.4) is 0 Å². The first-order valence-electron chi connectivity index (χ1n) is 10.3. The minimum atomic E-state index is -0.685. The maximum atomic E-state index is 13.1. The number of nitro benzene ring substituents is 1. The molecule has 3 aromatic carbocycles. The smallest absolute Gasteiger partial charge is 0.363 e. The zero-order chi connectivity index (χ0) is 25.1. The van der Waals surface area contributed by atoms with Crippen molar-refractivity contribution in [3.05, 3.63) is 103 Å². The van der Waals surface area contributed by atoms with E-state index in [2.05, 4.69) is 20.9 Å². The molecule has 0 saturated carbocycles. The summed E-state index contributed by atoms with van der Waals surface area (Å²) >= 11 is 3.46. The van der Waals surface area contributed by atoms with E-state index in [0.717, 1.165) is 5.56 Å². The molecule has 0 spiro atoms. The monoisotopic (exact) mass is 540 g/mol. The van der Waals surface area contributed by atoms with Crippen molar-refractivity contribution in [3.63, 3.8) is 0 Å². The second-order valence-electron chi connectivity index (χ2n) is 7.54. The number of aryl methyl sites for hydroxylation is 1. The predicted molar refractivity (Wildman–Crippen MR) is 130 cm³/mol. The molecule has 0 bridgehead atoms. The molecule has 0 aliphatic carbocycles. The number of nitro groups is 1. The van der Waals surface area contributed by atoms with E-state index in [9.17, 15) is 19.3 Å². The van der Waals surface area contributed by atoms with E-state index >= 15 is 0 Å². The molecule has 0 aromatic heterocycles. The minimum Gasteiger partial charge on any atom is -0.493 e. The molecule has 0 amide bonds. The second-order valence-corrected chi connectivity index (χ2v) is 8.40. The molecule has 0 atom stereocenters. The van der Waals surface area contributed by atoms with E-state index in [1.165, 1.54) is 31.4 Å². The van der Waals surface area contributed by atoms with Gasteiger partial charge in [0.05, 0.1) is 16.5 Å². The summed E-state index contributed by atoms with van der Waals surface area (Å²) in [6.45, 7) is 1.81. The number of methoxy groups -OCH3 is 1. The first-order valence-corrected chi connectivity index (χ1v) is 11.1. The van der Waals surface area contributed by atoms with Gasteiger partial charge in [-0.3, -0.25) is 10.1 Å². The van der Waals surface area contributed by atoms with Gasteiger partial charge in [0.25, 0.3) is 5.69 Å². The maximum absolute atomic E-state index is 13.1. The summed E-state index contributed by atoms with van der Waals surface area (Å²) in [7, 11) is 1.48. The van der Waals surface area contributed by atoms with Crippen molar-refractivity contribution < 1.29 is 28.3 Å².